The van der Waals surface area contributed by atoms with Crippen molar-refractivity contribution in [1.29, 1.82) is 0 Å². The molecule has 2 heterocycles. The van der Waals surface area contributed by atoms with Crippen LogP contribution in [0.25, 0.3) is 0 Å². The Morgan fingerprint density at radius 3 is 3.12 bits per heavy atom. The maximum atomic E-state index is 5.76. The Morgan fingerprint density at radius 2 is 2.44 bits per heavy atom. The first kappa shape index (κ1) is 11.4. The molecular weight excluding hydrogens is 200 g/mol. The summed E-state index contributed by atoms with van der Waals surface area (Å²) in [5, 5.41) is 0. The zero-order chi connectivity index (χ0) is 11.4. The third-order valence-electron chi connectivity index (χ3n) is 3.34. The number of pyridine rings is 1. The standard InChI is InChI=1S/C13H20N2O/c1-11-13(6-3-8-14-11)16-10-7-12-5-4-9-15(12)2/h3,6,8,12H,4-5,7,9-10H2,1-2H3/t12-/m0/s1. The summed E-state index contributed by atoms with van der Waals surface area (Å²) in [6, 6.07) is 4.61. The predicted octanol–water partition coefficient (Wildman–Crippen LogP) is 2.25. The minimum absolute atomic E-state index is 0.706. The molecule has 1 atom stereocenters. The van der Waals surface area contributed by atoms with Crippen LogP contribution in [0.5, 0.6) is 5.75 Å². The van der Waals surface area contributed by atoms with Crippen molar-refractivity contribution in [1.82, 2.24) is 9.88 Å². The number of nitrogens with zero attached hydrogens (tertiary/aromatic N) is 2. The molecule has 0 aliphatic carbocycles. The Kier molecular flexibility index (Phi) is 3.78. The van der Waals surface area contributed by atoms with Crippen LogP contribution >= 0.6 is 0 Å². The molecule has 88 valence electrons. The van der Waals surface area contributed by atoms with Crippen LogP contribution in [0, 0.1) is 6.92 Å². The van der Waals surface area contributed by atoms with Crippen molar-refractivity contribution in [2.45, 2.75) is 32.2 Å². The normalized spacial score (nSPS) is 21.2. The fourth-order valence-electron chi connectivity index (χ4n) is 2.27. The summed E-state index contributed by atoms with van der Waals surface area (Å²) < 4.78 is 5.76. The average Bonchev–Trinajstić information content (AvgIpc) is 2.67. The topological polar surface area (TPSA) is 25.4 Å². The van der Waals surface area contributed by atoms with Crippen LogP contribution in [0.15, 0.2) is 18.3 Å². The first-order valence-corrected chi connectivity index (χ1v) is 6.02. The quantitative estimate of drug-likeness (QED) is 0.778. The lowest BCUT2D eigenvalue weighted by atomic mass is 10.1. The second-order valence-electron chi connectivity index (χ2n) is 4.50. The van der Waals surface area contributed by atoms with E-state index in [4.69, 9.17) is 4.74 Å². The van der Waals surface area contributed by atoms with Crippen molar-refractivity contribution in [3.8, 4) is 5.75 Å². The molecule has 0 saturated carbocycles. The van der Waals surface area contributed by atoms with E-state index in [0.717, 1.165) is 24.5 Å². The highest BCUT2D eigenvalue weighted by Crippen LogP contribution is 2.19. The Labute approximate surface area is 97.4 Å². The van der Waals surface area contributed by atoms with E-state index in [1.807, 2.05) is 19.1 Å². The highest BCUT2D eigenvalue weighted by molar-refractivity contribution is 5.25. The first-order valence-electron chi connectivity index (χ1n) is 6.02. The number of hydrogen-bond acceptors (Lipinski definition) is 3. The molecule has 1 fully saturated rings. The van der Waals surface area contributed by atoms with E-state index >= 15 is 0 Å². The second-order valence-corrected chi connectivity index (χ2v) is 4.50. The molecule has 0 N–H and O–H groups in total. The lowest BCUT2D eigenvalue weighted by Gasteiger charge is -2.19. The lowest BCUT2D eigenvalue weighted by Crippen LogP contribution is -2.26. The van der Waals surface area contributed by atoms with Gasteiger partial charge in [0.25, 0.3) is 0 Å². The third-order valence-corrected chi connectivity index (χ3v) is 3.34. The number of likely N-dealkylation sites (tertiary alicyclic amines) is 1. The summed E-state index contributed by atoms with van der Waals surface area (Å²) in [5.74, 6) is 0.920. The van der Waals surface area contributed by atoms with E-state index in [-0.39, 0.29) is 0 Å². The van der Waals surface area contributed by atoms with Crippen LogP contribution < -0.4 is 4.74 Å². The lowest BCUT2D eigenvalue weighted by molar-refractivity contribution is 0.232. The summed E-state index contributed by atoms with van der Waals surface area (Å²) in [6.45, 7) is 4.01. The molecule has 0 aromatic carbocycles. The molecule has 2 rings (SSSR count). The van der Waals surface area contributed by atoms with E-state index in [0.29, 0.717) is 6.04 Å². The van der Waals surface area contributed by atoms with Crippen LogP contribution in [0.2, 0.25) is 0 Å². The maximum Gasteiger partial charge on any atom is 0.140 e. The molecule has 1 aromatic heterocycles. The van der Waals surface area contributed by atoms with Gasteiger partial charge >= 0.3 is 0 Å². The fraction of sp³-hybridized carbons (Fsp3) is 0.615. The molecule has 3 nitrogen and oxygen atoms in total. The van der Waals surface area contributed by atoms with E-state index in [1.54, 1.807) is 6.20 Å². The zero-order valence-electron chi connectivity index (χ0n) is 10.1. The largest absolute Gasteiger partial charge is 0.492 e. The van der Waals surface area contributed by atoms with Crippen molar-refractivity contribution in [3.05, 3.63) is 24.0 Å². The maximum absolute atomic E-state index is 5.76. The Balaban J connectivity index is 1.78. The average molecular weight is 220 g/mol. The van der Waals surface area contributed by atoms with Crippen LogP contribution in [-0.4, -0.2) is 36.1 Å². The molecule has 1 aromatic rings. The third kappa shape index (κ3) is 2.73. The Morgan fingerprint density at radius 1 is 1.56 bits per heavy atom. The number of aromatic nitrogens is 1. The van der Waals surface area contributed by atoms with E-state index < -0.39 is 0 Å². The SMILES string of the molecule is Cc1ncccc1OCC[C@@H]1CCCN1C. The Bertz CT molecular complexity index is 340. The van der Waals surface area contributed by atoms with Crippen LogP contribution in [0.1, 0.15) is 25.0 Å². The minimum atomic E-state index is 0.706. The number of hydrogen-bond donors (Lipinski definition) is 0. The number of rotatable bonds is 4. The molecule has 0 amide bonds. The van der Waals surface area contributed by atoms with Gasteiger partial charge in [-0.1, -0.05) is 0 Å². The summed E-state index contributed by atoms with van der Waals surface area (Å²) >= 11 is 0. The van der Waals surface area contributed by atoms with Gasteiger partial charge in [-0.3, -0.25) is 4.98 Å². The summed E-state index contributed by atoms with van der Waals surface area (Å²) in [5.41, 5.74) is 0.974. The van der Waals surface area contributed by atoms with Gasteiger partial charge in [0.15, 0.2) is 0 Å². The molecule has 16 heavy (non-hydrogen) atoms. The van der Waals surface area contributed by atoms with Gasteiger partial charge in [0, 0.05) is 12.2 Å². The van der Waals surface area contributed by atoms with Gasteiger partial charge in [-0.2, -0.15) is 0 Å². The van der Waals surface area contributed by atoms with Crippen LogP contribution in [-0.2, 0) is 0 Å². The predicted molar refractivity (Wildman–Crippen MR) is 64.7 cm³/mol. The molecule has 0 radical (unpaired) electrons. The molecule has 0 unspecified atom stereocenters. The highest BCUT2D eigenvalue weighted by atomic mass is 16.5. The summed E-state index contributed by atoms with van der Waals surface area (Å²) in [7, 11) is 2.20. The van der Waals surface area contributed by atoms with Crippen molar-refractivity contribution < 1.29 is 4.74 Å². The van der Waals surface area contributed by atoms with Crippen molar-refractivity contribution in [2.24, 2.45) is 0 Å². The van der Waals surface area contributed by atoms with Gasteiger partial charge in [0.1, 0.15) is 5.75 Å². The molecule has 0 spiro atoms. The van der Waals surface area contributed by atoms with Gasteiger partial charge < -0.3 is 9.64 Å². The molecule has 3 heteroatoms. The molecular formula is C13H20N2O. The fourth-order valence-corrected chi connectivity index (χ4v) is 2.27. The van der Waals surface area contributed by atoms with E-state index in [1.165, 1.54) is 19.4 Å². The highest BCUT2D eigenvalue weighted by Gasteiger charge is 2.20. The Hall–Kier alpha value is -1.09. The monoisotopic (exact) mass is 220 g/mol. The molecule has 1 aliphatic rings. The van der Waals surface area contributed by atoms with Crippen molar-refractivity contribution in [3.63, 3.8) is 0 Å². The minimum Gasteiger partial charge on any atom is -0.492 e. The van der Waals surface area contributed by atoms with Crippen LogP contribution in [0.4, 0.5) is 0 Å². The van der Waals surface area contributed by atoms with Gasteiger partial charge in [0.05, 0.1) is 12.3 Å². The number of aryl methyl sites for hydroxylation is 1. The van der Waals surface area contributed by atoms with E-state index in [2.05, 4.69) is 16.9 Å². The summed E-state index contributed by atoms with van der Waals surface area (Å²) in [4.78, 5) is 6.64. The second kappa shape index (κ2) is 5.30. The molecule has 0 bridgehead atoms. The van der Waals surface area contributed by atoms with Crippen molar-refractivity contribution >= 4 is 0 Å². The van der Waals surface area contributed by atoms with Crippen molar-refractivity contribution in [2.75, 3.05) is 20.2 Å². The molecule has 1 aliphatic heterocycles. The van der Waals surface area contributed by atoms with Gasteiger partial charge in [0.2, 0.25) is 0 Å². The van der Waals surface area contributed by atoms with Gasteiger partial charge in [-0.05, 0) is 51.9 Å². The smallest absolute Gasteiger partial charge is 0.140 e. The summed E-state index contributed by atoms with van der Waals surface area (Å²) in [6.07, 6.45) is 5.55. The van der Waals surface area contributed by atoms with E-state index in [9.17, 15) is 0 Å². The van der Waals surface area contributed by atoms with Gasteiger partial charge in [-0.15, -0.1) is 0 Å². The zero-order valence-corrected chi connectivity index (χ0v) is 10.1. The molecule has 1 saturated heterocycles. The van der Waals surface area contributed by atoms with Gasteiger partial charge in [-0.25, -0.2) is 0 Å². The first-order chi connectivity index (χ1) is 7.77. The number of ether oxygens (including phenoxy) is 1. The van der Waals surface area contributed by atoms with Crippen LogP contribution in [0.3, 0.4) is 0 Å².